The van der Waals surface area contributed by atoms with Crippen molar-refractivity contribution in [2.45, 2.75) is 19.4 Å². The number of carbonyl (C=O) groups excluding carboxylic acids is 1. The van der Waals surface area contributed by atoms with Crippen molar-refractivity contribution in [1.82, 2.24) is 4.90 Å². The van der Waals surface area contributed by atoms with E-state index in [-0.39, 0.29) is 23.5 Å². The predicted molar refractivity (Wildman–Crippen MR) is 84.4 cm³/mol. The van der Waals surface area contributed by atoms with Crippen molar-refractivity contribution in [2.24, 2.45) is 5.92 Å². The van der Waals surface area contributed by atoms with Crippen LogP contribution in [0.2, 0.25) is 10.0 Å². The van der Waals surface area contributed by atoms with Gasteiger partial charge in [0.25, 0.3) is 0 Å². The molecule has 0 bridgehead atoms. The van der Waals surface area contributed by atoms with Crippen LogP contribution in [0.15, 0.2) is 18.2 Å². The maximum Gasteiger partial charge on any atom is 0.226 e. The molecule has 2 atom stereocenters. The van der Waals surface area contributed by atoms with Crippen LogP contribution in [-0.4, -0.2) is 37.8 Å². The van der Waals surface area contributed by atoms with Gasteiger partial charge in [-0.2, -0.15) is 0 Å². The number of hydrogen-bond donors (Lipinski definition) is 0. The van der Waals surface area contributed by atoms with Gasteiger partial charge in [0.1, 0.15) is 0 Å². The summed E-state index contributed by atoms with van der Waals surface area (Å²) in [4.78, 5) is 14.0. The van der Waals surface area contributed by atoms with Gasteiger partial charge in [-0.25, -0.2) is 8.42 Å². The van der Waals surface area contributed by atoms with E-state index >= 15 is 0 Å². The van der Waals surface area contributed by atoms with Gasteiger partial charge >= 0.3 is 0 Å². The van der Waals surface area contributed by atoms with E-state index in [0.717, 1.165) is 5.56 Å². The molecule has 1 saturated heterocycles. The maximum absolute atomic E-state index is 12.4. The van der Waals surface area contributed by atoms with E-state index in [1.807, 2.05) is 6.92 Å². The van der Waals surface area contributed by atoms with Gasteiger partial charge in [0, 0.05) is 17.1 Å². The molecule has 4 nitrogen and oxygen atoms in total. The molecule has 21 heavy (non-hydrogen) atoms. The Kier molecular flexibility index (Phi) is 4.85. The molecule has 1 amide bonds. The van der Waals surface area contributed by atoms with Gasteiger partial charge in [0.05, 0.1) is 23.5 Å². The van der Waals surface area contributed by atoms with Crippen LogP contribution in [0.4, 0.5) is 0 Å². The normalized spacial score (nSPS) is 22.0. The van der Waals surface area contributed by atoms with E-state index in [1.54, 1.807) is 30.1 Å². The summed E-state index contributed by atoms with van der Waals surface area (Å²) >= 11 is 12.0. The fourth-order valence-corrected chi connectivity index (χ4v) is 4.82. The van der Waals surface area contributed by atoms with Gasteiger partial charge in [-0.3, -0.25) is 4.79 Å². The number of hydrogen-bond acceptors (Lipinski definition) is 3. The van der Waals surface area contributed by atoms with Crippen molar-refractivity contribution in [3.8, 4) is 0 Å². The van der Waals surface area contributed by atoms with E-state index in [0.29, 0.717) is 16.5 Å². The second-order valence-corrected chi connectivity index (χ2v) is 8.46. The maximum atomic E-state index is 12.4. The molecule has 2 rings (SSSR count). The fourth-order valence-electron chi connectivity index (χ4n) is 2.52. The molecule has 7 heteroatoms. The monoisotopic (exact) mass is 349 g/mol. The first-order valence-electron chi connectivity index (χ1n) is 6.63. The molecule has 116 valence electrons. The highest BCUT2D eigenvalue weighted by atomic mass is 35.5. The van der Waals surface area contributed by atoms with Crippen molar-refractivity contribution >= 4 is 38.9 Å². The first kappa shape index (κ1) is 16.6. The molecule has 1 heterocycles. The highest BCUT2D eigenvalue weighted by molar-refractivity contribution is 7.91. The molecule has 0 radical (unpaired) electrons. The van der Waals surface area contributed by atoms with E-state index in [1.165, 1.54) is 0 Å². The highest BCUT2D eigenvalue weighted by Gasteiger charge is 2.35. The predicted octanol–water partition coefficient (Wildman–Crippen LogP) is 2.95. The summed E-state index contributed by atoms with van der Waals surface area (Å²) < 4.78 is 23.0. The lowest BCUT2D eigenvalue weighted by atomic mass is 10.0. The van der Waals surface area contributed by atoms with Gasteiger partial charge in [-0.15, -0.1) is 0 Å². The van der Waals surface area contributed by atoms with Crippen LogP contribution >= 0.6 is 23.2 Å². The number of benzene rings is 1. The second-order valence-electron chi connectivity index (χ2n) is 5.39. The second kappa shape index (κ2) is 6.15. The number of carbonyl (C=O) groups is 1. The zero-order chi connectivity index (χ0) is 15.8. The van der Waals surface area contributed by atoms with Crippen molar-refractivity contribution < 1.29 is 13.2 Å². The van der Waals surface area contributed by atoms with E-state index in [9.17, 15) is 13.2 Å². The number of rotatable bonds is 3. The number of amides is 1. The molecular weight excluding hydrogens is 333 g/mol. The van der Waals surface area contributed by atoms with Crippen molar-refractivity contribution in [1.29, 1.82) is 0 Å². The summed E-state index contributed by atoms with van der Waals surface area (Å²) in [6, 6.07) is 4.89. The Morgan fingerprint density at radius 2 is 2.05 bits per heavy atom. The van der Waals surface area contributed by atoms with Gasteiger partial charge in [-0.1, -0.05) is 29.3 Å². The van der Waals surface area contributed by atoms with E-state index in [4.69, 9.17) is 23.2 Å². The van der Waals surface area contributed by atoms with Crippen LogP contribution in [0.25, 0.3) is 0 Å². The first-order chi connectivity index (χ1) is 9.71. The molecule has 0 N–H and O–H groups in total. The Bertz CT molecular complexity index is 660. The van der Waals surface area contributed by atoms with Crippen molar-refractivity contribution in [3.63, 3.8) is 0 Å². The lowest BCUT2D eigenvalue weighted by molar-refractivity contribution is -0.135. The van der Waals surface area contributed by atoms with Crippen LogP contribution in [0.5, 0.6) is 0 Å². The van der Waals surface area contributed by atoms with Crippen LogP contribution in [0, 0.1) is 5.92 Å². The molecule has 0 aliphatic carbocycles. The number of sulfone groups is 1. The first-order valence-corrected chi connectivity index (χ1v) is 9.21. The summed E-state index contributed by atoms with van der Waals surface area (Å²) in [5.41, 5.74) is 0.790. The molecule has 1 aliphatic rings. The van der Waals surface area contributed by atoms with Crippen LogP contribution < -0.4 is 0 Å². The lowest BCUT2D eigenvalue weighted by Gasteiger charge is -2.28. The lowest BCUT2D eigenvalue weighted by Crippen LogP contribution is -2.35. The van der Waals surface area contributed by atoms with Crippen molar-refractivity contribution in [2.75, 3.05) is 18.6 Å². The average molecular weight is 350 g/mol. The minimum atomic E-state index is -3.07. The molecule has 2 unspecified atom stereocenters. The quantitative estimate of drug-likeness (QED) is 0.842. The molecule has 0 aromatic heterocycles. The molecule has 1 aliphatic heterocycles. The van der Waals surface area contributed by atoms with E-state index < -0.39 is 15.8 Å². The summed E-state index contributed by atoms with van der Waals surface area (Å²) in [5, 5.41) is 1.03. The SMILES string of the molecule is CC(c1ccc(Cl)cc1Cl)N(C)C(=O)C1CCS(=O)(=O)C1. The molecule has 1 aromatic carbocycles. The zero-order valence-corrected chi connectivity index (χ0v) is 14.2. The summed E-state index contributed by atoms with van der Waals surface area (Å²) in [6.07, 6.45) is 0.395. The highest BCUT2D eigenvalue weighted by Crippen LogP contribution is 2.31. The Morgan fingerprint density at radius 1 is 1.38 bits per heavy atom. The summed E-state index contributed by atoms with van der Waals surface area (Å²) in [6.45, 7) is 1.86. The van der Waals surface area contributed by atoms with Gasteiger partial charge in [0.2, 0.25) is 5.91 Å². The Balaban J connectivity index is 2.15. The fraction of sp³-hybridized carbons (Fsp3) is 0.500. The molecule has 1 aromatic rings. The third-order valence-electron chi connectivity index (χ3n) is 3.92. The van der Waals surface area contributed by atoms with Crippen molar-refractivity contribution in [3.05, 3.63) is 33.8 Å². The van der Waals surface area contributed by atoms with Gasteiger partial charge < -0.3 is 4.90 Å². The zero-order valence-electron chi connectivity index (χ0n) is 11.8. The Morgan fingerprint density at radius 3 is 2.57 bits per heavy atom. The average Bonchev–Trinajstić information content (AvgIpc) is 2.76. The topological polar surface area (TPSA) is 54.5 Å². The van der Waals surface area contributed by atoms with E-state index in [2.05, 4.69) is 0 Å². The largest absolute Gasteiger partial charge is 0.339 e. The van der Waals surface area contributed by atoms with Crippen LogP contribution in [0.3, 0.4) is 0 Å². The summed E-state index contributed by atoms with van der Waals surface area (Å²) in [5.74, 6) is -0.576. The molecular formula is C14H17Cl2NO3S. The summed E-state index contributed by atoms with van der Waals surface area (Å²) in [7, 11) is -1.40. The minimum absolute atomic E-state index is 0.0583. The minimum Gasteiger partial charge on any atom is -0.339 e. The standard InChI is InChI=1S/C14H17Cl2NO3S/c1-9(12-4-3-11(15)7-13(12)16)17(2)14(18)10-5-6-21(19,20)8-10/h3-4,7,9-10H,5-6,8H2,1-2H3. The molecule has 0 saturated carbocycles. The third-order valence-corrected chi connectivity index (χ3v) is 6.25. The van der Waals surface area contributed by atoms with Crippen LogP contribution in [-0.2, 0) is 14.6 Å². The third kappa shape index (κ3) is 3.71. The smallest absolute Gasteiger partial charge is 0.226 e. The number of nitrogens with zero attached hydrogens (tertiary/aromatic N) is 1. The Labute approximate surface area is 134 Å². The number of halogens is 2. The molecule has 1 fully saturated rings. The Hall–Kier alpha value is -0.780. The van der Waals surface area contributed by atoms with Gasteiger partial charge in [-0.05, 0) is 31.0 Å². The molecule has 0 spiro atoms. The van der Waals surface area contributed by atoms with Crippen LogP contribution in [0.1, 0.15) is 24.9 Å². The van der Waals surface area contributed by atoms with Gasteiger partial charge in [0.15, 0.2) is 9.84 Å².